The molecule has 0 saturated carbocycles. The van der Waals surface area contributed by atoms with Crippen molar-refractivity contribution in [3.05, 3.63) is 35.6 Å². The standard InChI is InChI=1S/C15H23FN2S/c1-12-10-18(7-8-19-12)15(2,11-17)9-13-3-5-14(16)6-4-13/h3-6,12H,7-11,17H2,1-2H3. The minimum absolute atomic E-state index is 0.0347. The van der Waals surface area contributed by atoms with Crippen LogP contribution in [-0.2, 0) is 6.42 Å². The van der Waals surface area contributed by atoms with Crippen LogP contribution in [0.15, 0.2) is 24.3 Å². The summed E-state index contributed by atoms with van der Waals surface area (Å²) in [6.07, 6.45) is 0.876. The van der Waals surface area contributed by atoms with E-state index in [1.54, 1.807) is 0 Å². The molecular formula is C15H23FN2S. The van der Waals surface area contributed by atoms with Crippen LogP contribution >= 0.6 is 11.8 Å². The van der Waals surface area contributed by atoms with E-state index in [4.69, 9.17) is 5.73 Å². The number of benzene rings is 1. The molecule has 106 valence electrons. The molecule has 2 atom stereocenters. The topological polar surface area (TPSA) is 29.3 Å². The number of halogens is 1. The first kappa shape index (κ1) is 14.8. The van der Waals surface area contributed by atoms with Crippen LogP contribution in [0.4, 0.5) is 4.39 Å². The molecule has 0 radical (unpaired) electrons. The number of nitrogens with two attached hydrogens (primary N) is 1. The fourth-order valence-corrected chi connectivity index (χ4v) is 3.68. The molecule has 2 rings (SSSR count). The van der Waals surface area contributed by atoms with Gasteiger partial charge in [0.15, 0.2) is 0 Å². The summed E-state index contributed by atoms with van der Waals surface area (Å²) in [5.74, 6) is 0.987. The lowest BCUT2D eigenvalue weighted by Gasteiger charge is -2.44. The summed E-state index contributed by atoms with van der Waals surface area (Å²) in [5.41, 5.74) is 7.16. The molecule has 4 heteroatoms. The van der Waals surface area contributed by atoms with E-state index >= 15 is 0 Å². The Labute approximate surface area is 119 Å². The molecule has 0 bridgehead atoms. The highest BCUT2D eigenvalue weighted by Crippen LogP contribution is 2.27. The van der Waals surface area contributed by atoms with Gasteiger partial charge in [0.05, 0.1) is 0 Å². The van der Waals surface area contributed by atoms with Crippen LogP contribution in [-0.4, -0.2) is 41.1 Å². The van der Waals surface area contributed by atoms with Crippen molar-refractivity contribution in [2.45, 2.75) is 31.1 Å². The Morgan fingerprint density at radius 1 is 1.42 bits per heavy atom. The molecule has 1 saturated heterocycles. The second kappa shape index (κ2) is 6.25. The highest BCUT2D eigenvalue weighted by atomic mass is 32.2. The summed E-state index contributed by atoms with van der Waals surface area (Å²) < 4.78 is 13.0. The Hall–Kier alpha value is -0.580. The maximum Gasteiger partial charge on any atom is 0.123 e. The number of rotatable bonds is 4. The average molecular weight is 282 g/mol. The molecule has 0 aromatic heterocycles. The van der Waals surface area contributed by atoms with E-state index in [1.165, 1.54) is 17.9 Å². The molecule has 0 spiro atoms. The third-order valence-electron chi connectivity index (χ3n) is 3.94. The zero-order valence-electron chi connectivity index (χ0n) is 11.7. The van der Waals surface area contributed by atoms with Gasteiger partial charge < -0.3 is 5.73 Å². The molecule has 1 aliphatic rings. The highest BCUT2D eigenvalue weighted by Gasteiger charge is 2.33. The van der Waals surface area contributed by atoms with Crippen LogP contribution in [0, 0.1) is 5.82 Å². The van der Waals surface area contributed by atoms with Crippen LogP contribution < -0.4 is 5.73 Å². The van der Waals surface area contributed by atoms with Gasteiger partial charge in [-0.25, -0.2) is 4.39 Å². The van der Waals surface area contributed by atoms with Crippen LogP contribution in [0.25, 0.3) is 0 Å². The van der Waals surface area contributed by atoms with Crippen molar-refractivity contribution in [3.8, 4) is 0 Å². The Balaban J connectivity index is 2.10. The fraction of sp³-hybridized carbons (Fsp3) is 0.600. The largest absolute Gasteiger partial charge is 0.329 e. The summed E-state index contributed by atoms with van der Waals surface area (Å²) in [6, 6.07) is 6.79. The van der Waals surface area contributed by atoms with E-state index in [-0.39, 0.29) is 11.4 Å². The van der Waals surface area contributed by atoms with Crippen molar-refractivity contribution in [2.24, 2.45) is 5.73 Å². The fourth-order valence-electron chi connectivity index (χ4n) is 2.66. The van der Waals surface area contributed by atoms with Crippen molar-refractivity contribution >= 4 is 11.8 Å². The summed E-state index contributed by atoms with van der Waals surface area (Å²) in [5, 5.41) is 0.660. The Morgan fingerprint density at radius 2 is 2.11 bits per heavy atom. The zero-order chi connectivity index (χ0) is 13.9. The molecule has 1 heterocycles. The molecule has 0 amide bonds. The summed E-state index contributed by atoms with van der Waals surface area (Å²) in [4.78, 5) is 2.50. The third kappa shape index (κ3) is 3.71. The van der Waals surface area contributed by atoms with Crippen molar-refractivity contribution < 1.29 is 4.39 Å². The first-order chi connectivity index (χ1) is 9.03. The molecule has 19 heavy (non-hydrogen) atoms. The Morgan fingerprint density at radius 3 is 2.68 bits per heavy atom. The lowest BCUT2D eigenvalue weighted by molar-refractivity contribution is 0.116. The average Bonchev–Trinajstić information content (AvgIpc) is 2.41. The van der Waals surface area contributed by atoms with Crippen molar-refractivity contribution in [2.75, 3.05) is 25.4 Å². The molecule has 1 aromatic rings. The molecule has 1 aromatic carbocycles. The van der Waals surface area contributed by atoms with Crippen LogP contribution in [0.2, 0.25) is 0 Å². The van der Waals surface area contributed by atoms with E-state index in [2.05, 4.69) is 18.7 Å². The number of nitrogens with zero attached hydrogens (tertiary/aromatic N) is 1. The molecular weight excluding hydrogens is 259 g/mol. The molecule has 1 aliphatic heterocycles. The van der Waals surface area contributed by atoms with E-state index in [9.17, 15) is 4.39 Å². The van der Waals surface area contributed by atoms with Gasteiger partial charge in [-0.05, 0) is 31.0 Å². The van der Waals surface area contributed by atoms with Gasteiger partial charge in [0.25, 0.3) is 0 Å². The highest BCUT2D eigenvalue weighted by molar-refractivity contribution is 7.99. The number of hydrogen-bond donors (Lipinski definition) is 1. The summed E-state index contributed by atoms with van der Waals surface area (Å²) in [6.45, 7) is 7.29. The van der Waals surface area contributed by atoms with Crippen molar-refractivity contribution in [1.29, 1.82) is 0 Å². The van der Waals surface area contributed by atoms with Gasteiger partial charge in [0.1, 0.15) is 5.82 Å². The van der Waals surface area contributed by atoms with Gasteiger partial charge in [-0.2, -0.15) is 11.8 Å². The molecule has 1 fully saturated rings. The van der Waals surface area contributed by atoms with Gasteiger partial charge in [0.2, 0.25) is 0 Å². The molecule has 0 aliphatic carbocycles. The number of hydrogen-bond acceptors (Lipinski definition) is 3. The minimum atomic E-state index is -0.179. The zero-order valence-corrected chi connectivity index (χ0v) is 12.5. The number of thioether (sulfide) groups is 1. The smallest absolute Gasteiger partial charge is 0.123 e. The lowest BCUT2D eigenvalue weighted by Crippen LogP contribution is -2.57. The lowest BCUT2D eigenvalue weighted by atomic mass is 9.90. The quantitative estimate of drug-likeness (QED) is 0.920. The van der Waals surface area contributed by atoms with Crippen LogP contribution in [0.5, 0.6) is 0 Å². The van der Waals surface area contributed by atoms with E-state index in [0.29, 0.717) is 11.8 Å². The first-order valence-electron chi connectivity index (χ1n) is 6.85. The Kier molecular flexibility index (Phi) is 4.87. The minimum Gasteiger partial charge on any atom is -0.329 e. The first-order valence-corrected chi connectivity index (χ1v) is 7.89. The summed E-state index contributed by atoms with van der Waals surface area (Å²) in [7, 11) is 0. The summed E-state index contributed by atoms with van der Waals surface area (Å²) >= 11 is 2.02. The monoisotopic (exact) mass is 282 g/mol. The van der Waals surface area contributed by atoms with Crippen LogP contribution in [0.1, 0.15) is 19.4 Å². The van der Waals surface area contributed by atoms with E-state index < -0.39 is 0 Å². The molecule has 2 unspecified atom stereocenters. The van der Waals surface area contributed by atoms with Gasteiger partial charge in [0, 0.05) is 36.2 Å². The van der Waals surface area contributed by atoms with E-state index in [0.717, 1.165) is 25.1 Å². The van der Waals surface area contributed by atoms with Crippen molar-refractivity contribution in [3.63, 3.8) is 0 Å². The van der Waals surface area contributed by atoms with Crippen molar-refractivity contribution in [1.82, 2.24) is 4.90 Å². The second-order valence-corrected chi connectivity index (χ2v) is 7.18. The Bertz CT molecular complexity index is 409. The SMILES string of the molecule is CC1CN(C(C)(CN)Cc2ccc(F)cc2)CCS1. The normalized spacial score (nSPS) is 24.1. The van der Waals surface area contributed by atoms with Gasteiger partial charge >= 0.3 is 0 Å². The van der Waals surface area contributed by atoms with Gasteiger partial charge in [-0.15, -0.1) is 0 Å². The van der Waals surface area contributed by atoms with Crippen LogP contribution in [0.3, 0.4) is 0 Å². The van der Waals surface area contributed by atoms with Gasteiger partial charge in [-0.3, -0.25) is 4.90 Å². The molecule has 2 nitrogen and oxygen atoms in total. The maximum atomic E-state index is 13.0. The maximum absolute atomic E-state index is 13.0. The predicted molar refractivity (Wildman–Crippen MR) is 81.1 cm³/mol. The van der Waals surface area contributed by atoms with E-state index in [1.807, 2.05) is 23.9 Å². The van der Waals surface area contributed by atoms with Gasteiger partial charge in [-0.1, -0.05) is 19.1 Å². The molecule has 2 N–H and O–H groups in total. The predicted octanol–water partition coefficient (Wildman–Crippen LogP) is 2.52. The third-order valence-corrected chi connectivity index (χ3v) is 5.08. The second-order valence-electron chi connectivity index (χ2n) is 5.63.